The molecule has 0 spiro atoms. The summed E-state index contributed by atoms with van der Waals surface area (Å²) in [4.78, 5) is 19.8. The maximum Gasteiger partial charge on any atom is 0.318 e. The Kier molecular flexibility index (Phi) is 6.15. The average Bonchev–Trinajstić information content (AvgIpc) is 2.86. The van der Waals surface area contributed by atoms with Gasteiger partial charge in [0.1, 0.15) is 17.1 Å². The van der Waals surface area contributed by atoms with E-state index in [1.165, 1.54) is 0 Å². The molecule has 5 rings (SSSR count). The van der Waals surface area contributed by atoms with Crippen molar-refractivity contribution in [3.05, 3.63) is 36.8 Å². The van der Waals surface area contributed by atoms with Crippen molar-refractivity contribution in [2.75, 3.05) is 43.6 Å². The molecule has 32 heavy (non-hydrogen) atoms. The molecule has 0 radical (unpaired) electrons. The van der Waals surface area contributed by atoms with E-state index in [2.05, 4.69) is 42.3 Å². The summed E-state index contributed by atoms with van der Waals surface area (Å²) in [5.74, 6) is 1.61. The number of fused-ring (bicyclic) bond motifs is 1. The van der Waals surface area contributed by atoms with Gasteiger partial charge in [0, 0.05) is 49.5 Å². The summed E-state index contributed by atoms with van der Waals surface area (Å²) < 4.78 is 17.1. The number of methoxy groups -OCH3 is 1. The van der Waals surface area contributed by atoms with Crippen molar-refractivity contribution in [3.8, 4) is 11.8 Å². The van der Waals surface area contributed by atoms with Crippen LogP contribution in [0.5, 0.6) is 11.8 Å². The molecule has 0 amide bonds. The Hall–Kier alpha value is -3.20. The second-order valence-corrected chi connectivity index (χ2v) is 8.13. The maximum absolute atomic E-state index is 6.50. The number of hydrogen-bond acceptors (Lipinski definition) is 9. The van der Waals surface area contributed by atoms with Crippen molar-refractivity contribution >= 4 is 22.5 Å². The molecule has 1 aromatic carbocycles. The number of ether oxygens (including phenoxy) is 3. The molecule has 0 atom stereocenters. The van der Waals surface area contributed by atoms with Gasteiger partial charge in [-0.25, -0.2) is 9.97 Å². The van der Waals surface area contributed by atoms with E-state index < -0.39 is 0 Å². The van der Waals surface area contributed by atoms with E-state index in [4.69, 9.17) is 14.2 Å². The molecule has 2 fully saturated rings. The number of aromatic nitrogens is 4. The third-order valence-corrected chi connectivity index (χ3v) is 6.04. The molecule has 3 heterocycles. The van der Waals surface area contributed by atoms with E-state index in [1.807, 2.05) is 6.07 Å². The zero-order chi connectivity index (χ0) is 21.8. The summed E-state index contributed by atoms with van der Waals surface area (Å²) in [6.07, 6.45) is 9.24. The molecule has 1 saturated heterocycles. The monoisotopic (exact) mass is 436 g/mol. The fourth-order valence-corrected chi connectivity index (χ4v) is 4.36. The Morgan fingerprint density at radius 1 is 1.00 bits per heavy atom. The molecule has 1 aliphatic carbocycles. The van der Waals surface area contributed by atoms with Crippen LogP contribution >= 0.6 is 0 Å². The van der Waals surface area contributed by atoms with Crippen molar-refractivity contribution in [2.45, 2.75) is 37.8 Å². The predicted octanol–water partition coefficient (Wildman–Crippen LogP) is 3.07. The molecule has 1 aliphatic heterocycles. The highest BCUT2D eigenvalue weighted by molar-refractivity contribution is 5.85. The first-order chi connectivity index (χ1) is 15.8. The van der Waals surface area contributed by atoms with Crippen LogP contribution < -0.4 is 19.7 Å². The Bertz CT molecular complexity index is 1050. The summed E-state index contributed by atoms with van der Waals surface area (Å²) in [5.41, 5.74) is 2.79. The first-order valence-electron chi connectivity index (χ1n) is 11.2. The highest BCUT2D eigenvalue weighted by atomic mass is 16.5. The van der Waals surface area contributed by atoms with E-state index >= 15 is 0 Å². The van der Waals surface area contributed by atoms with Crippen LogP contribution in [-0.2, 0) is 4.74 Å². The molecule has 1 saturated carbocycles. The summed E-state index contributed by atoms with van der Waals surface area (Å²) in [7, 11) is 1.57. The third kappa shape index (κ3) is 4.67. The summed E-state index contributed by atoms with van der Waals surface area (Å²) >= 11 is 0. The lowest BCUT2D eigenvalue weighted by atomic mass is 9.93. The lowest BCUT2D eigenvalue weighted by Gasteiger charge is -2.31. The van der Waals surface area contributed by atoms with Gasteiger partial charge in [0.15, 0.2) is 0 Å². The first kappa shape index (κ1) is 20.7. The van der Waals surface area contributed by atoms with Gasteiger partial charge >= 0.3 is 6.01 Å². The minimum absolute atomic E-state index is 0.151. The van der Waals surface area contributed by atoms with Gasteiger partial charge in [0.2, 0.25) is 0 Å². The Morgan fingerprint density at radius 2 is 1.81 bits per heavy atom. The van der Waals surface area contributed by atoms with Crippen LogP contribution in [0.1, 0.15) is 25.7 Å². The molecule has 3 aromatic rings. The average molecular weight is 437 g/mol. The topological polar surface area (TPSA) is 94.5 Å². The number of rotatable bonds is 6. The minimum Gasteiger partial charge on any atom is -0.488 e. The smallest absolute Gasteiger partial charge is 0.318 e. The molecule has 1 N–H and O–H groups in total. The summed E-state index contributed by atoms with van der Waals surface area (Å²) in [5, 5.41) is 3.49. The first-order valence-corrected chi connectivity index (χ1v) is 11.2. The number of benzene rings is 1. The van der Waals surface area contributed by atoms with Gasteiger partial charge in [-0.3, -0.25) is 4.98 Å². The van der Waals surface area contributed by atoms with E-state index in [-0.39, 0.29) is 6.10 Å². The van der Waals surface area contributed by atoms with Gasteiger partial charge in [-0.2, -0.15) is 4.98 Å². The van der Waals surface area contributed by atoms with Crippen molar-refractivity contribution in [1.82, 2.24) is 19.9 Å². The fourth-order valence-electron chi connectivity index (χ4n) is 4.36. The largest absolute Gasteiger partial charge is 0.488 e. The van der Waals surface area contributed by atoms with Gasteiger partial charge in [-0.1, -0.05) is 0 Å². The lowest BCUT2D eigenvalue weighted by molar-refractivity contribution is 0.122. The SMILES string of the molecule is COc1nccc(NC2CCC(Oc3cc(N4CCOCC4)cc4nccnc34)CC2)n1. The zero-order valence-corrected chi connectivity index (χ0v) is 18.2. The zero-order valence-electron chi connectivity index (χ0n) is 18.2. The maximum atomic E-state index is 6.50. The molecule has 0 bridgehead atoms. The van der Waals surface area contributed by atoms with Crippen molar-refractivity contribution in [2.24, 2.45) is 0 Å². The lowest BCUT2D eigenvalue weighted by Crippen LogP contribution is -2.36. The van der Waals surface area contributed by atoms with E-state index in [1.54, 1.807) is 25.7 Å². The Labute approximate surface area is 187 Å². The standard InChI is InChI=1S/C23H28N6O3/c1-30-23-26-7-6-21(28-23)27-16-2-4-18(5-3-16)32-20-15-17(29-10-12-31-13-11-29)14-19-22(20)25-9-8-24-19/h6-9,14-16,18H,2-5,10-13H2,1H3,(H,26,27,28). The van der Waals surface area contributed by atoms with Crippen LogP contribution in [0.2, 0.25) is 0 Å². The number of hydrogen-bond donors (Lipinski definition) is 1. The second kappa shape index (κ2) is 9.52. The van der Waals surface area contributed by atoms with Crippen LogP contribution in [0.3, 0.4) is 0 Å². The number of nitrogens with one attached hydrogen (secondary N) is 1. The molecule has 2 aromatic heterocycles. The van der Waals surface area contributed by atoms with Crippen molar-refractivity contribution in [3.63, 3.8) is 0 Å². The highest BCUT2D eigenvalue weighted by Gasteiger charge is 2.24. The highest BCUT2D eigenvalue weighted by Crippen LogP contribution is 2.33. The Balaban J connectivity index is 1.26. The number of nitrogens with zero attached hydrogens (tertiary/aromatic N) is 5. The molecule has 0 unspecified atom stereocenters. The van der Waals surface area contributed by atoms with Crippen LogP contribution in [0.15, 0.2) is 36.8 Å². The predicted molar refractivity (Wildman–Crippen MR) is 121 cm³/mol. The minimum atomic E-state index is 0.151. The Morgan fingerprint density at radius 3 is 2.62 bits per heavy atom. The molecule has 2 aliphatic rings. The van der Waals surface area contributed by atoms with Crippen LogP contribution in [-0.4, -0.2) is 65.5 Å². The second-order valence-electron chi connectivity index (χ2n) is 8.13. The van der Waals surface area contributed by atoms with Crippen LogP contribution in [0.4, 0.5) is 11.5 Å². The number of anilines is 2. The van der Waals surface area contributed by atoms with Gasteiger partial charge in [0.05, 0.1) is 31.9 Å². The van der Waals surface area contributed by atoms with Gasteiger partial charge < -0.3 is 24.4 Å². The van der Waals surface area contributed by atoms with Gasteiger partial charge in [-0.05, 0) is 37.8 Å². The molecular weight excluding hydrogens is 408 g/mol. The van der Waals surface area contributed by atoms with E-state index in [9.17, 15) is 0 Å². The molecule has 9 nitrogen and oxygen atoms in total. The summed E-state index contributed by atoms with van der Waals surface area (Å²) in [6.45, 7) is 3.22. The van der Waals surface area contributed by atoms with Gasteiger partial charge in [0.25, 0.3) is 0 Å². The normalized spacial score (nSPS) is 21.3. The molecule has 168 valence electrons. The van der Waals surface area contributed by atoms with Crippen LogP contribution in [0.25, 0.3) is 11.0 Å². The number of morpholine rings is 1. The molecular formula is C23H28N6O3. The van der Waals surface area contributed by atoms with Crippen molar-refractivity contribution in [1.29, 1.82) is 0 Å². The van der Waals surface area contributed by atoms with E-state index in [0.29, 0.717) is 12.1 Å². The quantitative estimate of drug-likeness (QED) is 0.625. The van der Waals surface area contributed by atoms with Gasteiger partial charge in [-0.15, -0.1) is 0 Å². The summed E-state index contributed by atoms with van der Waals surface area (Å²) in [6, 6.07) is 6.80. The van der Waals surface area contributed by atoms with Crippen molar-refractivity contribution < 1.29 is 14.2 Å². The fraction of sp³-hybridized carbons (Fsp3) is 0.478. The van der Waals surface area contributed by atoms with E-state index in [0.717, 1.165) is 80.3 Å². The molecule has 9 heteroatoms. The van der Waals surface area contributed by atoms with Crippen LogP contribution in [0, 0.1) is 0 Å². The third-order valence-electron chi connectivity index (χ3n) is 6.04.